The third kappa shape index (κ3) is 2.45. The molecular weight excluding hydrogens is 257 g/mol. The molecule has 0 spiro atoms. The minimum absolute atomic E-state index is 0.137. The molecule has 0 bridgehead atoms. The van der Waals surface area contributed by atoms with E-state index in [9.17, 15) is 18.0 Å². The summed E-state index contributed by atoms with van der Waals surface area (Å²) in [6, 6.07) is 5.27. The van der Waals surface area contributed by atoms with Crippen LogP contribution in [0.1, 0.15) is 10.4 Å². The monoisotopic (exact) mass is 266 g/mol. The minimum atomic E-state index is -1.03. The molecule has 0 saturated heterocycles. The number of ether oxygens (including phenoxy) is 1. The highest BCUT2D eigenvalue weighted by Crippen LogP contribution is 2.30. The first kappa shape index (κ1) is 13.1. The molecule has 0 amide bonds. The summed E-state index contributed by atoms with van der Waals surface area (Å²) in [6.07, 6.45) is 0.516. The van der Waals surface area contributed by atoms with Gasteiger partial charge < -0.3 is 4.74 Å². The van der Waals surface area contributed by atoms with Gasteiger partial charge in [0.05, 0.1) is 18.2 Å². The highest BCUT2D eigenvalue weighted by atomic mass is 19.1. The Bertz CT molecular complexity index is 616. The fourth-order valence-electron chi connectivity index (χ4n) is 1.80. The molecule has 0 unspecified atom stereocenters. The van der Waals surface area contributed by atoms with Gasteiger partial charge in [0, 0.05) is 12.1 Å². The number of hydrogen-bond donors (Lipinski definition) is 0. The summed E-state index contributed by atoms with van der Waals surface area (Å²) in [5, 5.41) is 0. The molecule has 2 rings (SSSR count). The predicted octanol–water partition coefficient (Wildman–Crippen LogP) is 3.59. The molecule has 19 heavy (non-hydrogen) atoms. The molecule has 0 aliphatic heterocycles. The van der Waals surface area contributed by atoms with Crippen LogP contribution in [0, 0.1) is 17.5 Å². The Kier molecular flexibility index (Phi) is 3.55. The second-order valence-electron chi connectivity index (χ2n) is 3.82. The first-order valence-corrected chi connectivity index (χ1v) is 5.35. The molecule has 0 aliphatic rings. The smallest absolute Gasteiger partial charge is 0.153 e. The Hall–Kier alpha value is -2.30. The van der Waals surface area contributed by atoms with Crippen molar-refractivity contribution in [2.45, 2.75) is 0 Å². The maximum absolute atomic E-state index is 13.6. The zero-order valence-corrected chi connectivity index (χ0v) is 9.91. The van der Waals surface area contributed by atoms with Gasteiger partial charge in [0.15, 0.2) is 6.29 Å². The van der Waals surface area contributed by atoms with Crippen LogP contribution in [-0.4, -0.2) is 13.4 Å². The van der Waals surface area contributed by atoms with Crippen molar-refractivity contribution in [1.82, 2.24) is 0 Å². The average Bonchev–Trinajstić information content (AvgIpc) is 2.37. The van der Waals surface area contributed by atoms with E-state index < -0.39 is 17.5 Å². The zero-order chi connectivity index (χ0) is 14.0. The van der Waals surface area contributed by atoms with Gasteiger partial charge in [0.25, 0.3) is 0 Å². The van der Waals surface area contributed by atoms with E-state index in [0.29, 0.717) is 24.2 Å². The number of hydrogen-bond acceptors (Lipinski definition) is 2. The first-order chi connectivity index (χ1) is 9.06. The maximum atomic E-state index is 13.6. The summed E-state index contributed by atoms with van der Waals surface area (Å²) >= 11 is 0. The lowest BCUT2D eigenvalue weighted by Gasteiger charge is -2.09. The van der Waals surface area contributed by atoms with Crippen molar-refractivity contribution >= 4 is 6.29 Å². The molecule has 0 atom stereocenters. The van der Waals surface area contributed by atoms with Crippen LogP contribution >= 0.6 is 0 Å². The molecule has 0 fully saturated rings. The van der Waals surface area contributed by atoms with Gasteiger partial charge in [-0.1, -0.05) is 6.07 Å². The van der Waals surface area contributed by atoms with E-state index in [-0.39, 0.29) is 16.7 Å². The fourth-order valence-corrected chi connectivity index (χ4v) is 1.80. The Morgan fingerprint density at radius 3 is 2.21 bits per heavy atom. The lowest BCUT2D eigenvalue weighted by atomic mass is 10.0. The van der Waals surface area contributed by atoms with E-state index in [2.05, 4.69) is 0 Å². The van der Waals surface area contributed by atoms with Crippen molar-refractivity contribution in [1.29, 1.82) is 0 Å². The number of carbonyl (C=O) groups excluding carboxylic acids is 1. The predicted molar refractivity (Wildman–Crippen MR) is 63.7 cm³/mol. The van der Waals surface area contributed by atoms with Gasteiger partial charge in [-0.05, 0) is 17.7 Å². The van der Waals surface area contributed by atoms with Gasteiger partial charge in [-0.2, -0.15) is 0 Å². The van der Waals surface area contributed by atoms with Crippen molar-refractivity contribution < 1.29 is 22.7 Å². The third-order valence-electron chi connectivity index (χ3n) is 2.65. The van der Waals surface area contributed by atoms with Gasteiger partial charge in [0.2, 0.25) is 0 Å². The van der Waals surface area contributed by atoms with Crippen molar-refractivity contribution in [3.63, 3.8) is 0 Å². The quantitative estimate of drug-likeness (QED) is 0.793. The van der Waals surface area contributed by atoms with Crippen LogP contribution in [0.3, 0.4) is 0 Å². The number of benzene rings is 2. The molecule has 0 radical (unpaired) electrons. The maximum Gasteiger partial charge on any atom is 0.153 e. The SMILES string of the molecule is COc1ccc(-c2c(F)cc(F)cc2F)cc1C=O. The highest BCUT2D eigenvalue weighted by molar-refractivity contribution is 5.83. The standard InChI is InChI=1S/C14H9F3O2/c1-19-13-3-2-8(4-9(13)7-18)14-11(16)5-10(15)6-12(14)17/h2-7H,1H3. The summed E-state index contributed by atoms with van der Waals surface area (Å²) in [5.41, 5.74) is -0.0896. The summed E-state index contributed by atoms with van der Waals surface area (Å²) in [5.74, 6) is -2.76. The van der Waals surface area contributed by atoms with Crippen LogP contribution in [0.15, 0.2) is 30.3 Å². The second-order valence-corrected chi connectivity index (χ2v) is 3.82. The van der Waals surface area contributed by atoms with Crippen molar-refractivity contribution in [2.24, 2.45) is 0 Å². The van der Waals surface area contributed by atoms with E-state index in [1.807, 2.05) is 0 Å². The van der Waals surface area contributed by atoms with Gasteiger partial charge in [-0.3, -0.25) is 4.79 Å². The number of halogens is 3. The Balaban J connectivity index is 2.63. The van der Waals surface area contributed by atoms with Crippen molar-refractivity contribution in [3.05, 3.63) is 53.3 Å². The van der Waals surface area contributed by atoms with Gasteiger partial charge in [-0.15, -0.1) is 0 Å². The molecule has 2 aromatic rings. The molecule has 0 aliphatic carbocycles. The molecule has 98 valence electrons. The molecule has 0 aromatic heterocycles. The van der Waals surface area contributed by atoms with E-state index >= 15 is 0 Å². The number of rotatable bonds is 3. The van der Waals surface area contributed by atoms with E-state index in [0.717, 1.165) is 0 Å². The first-order valence-electron chi connectivity index (χ1n) is 5.35. The van der Waals surface area contributed by atoms with Crippen molar-refractivity contribution in [2.75, 3.05) is 7.11 Å². The van der Waals surface area contributed by atoms with E-state index in [1.54, 1.807) is 0 Å². The van der Waals surface area contributed by atoms with Crippen LogP contribution < -0.4 is 4.74 Å². The Labute approximate surface area is 107 Å². The van der Waals surface area contributed by atoms with Gasteiger partial charge in [-0.25, -0.2) is 13.2 Å². The average molecular weight is 266 g/mol. The molecule has 2 nitrogen and oxygen atoms in total. The molecular formula is C14H9F3O2. The summed E-state index contributed by atoms with van der Waals surface area (Å²) < 4.78 is 45.0. The summed E-state index contributed by atoms with van der Waals surface area (Å²) in [4.78, 5) is 10.9. The van der Waals surface area contributed by atoms with Gasteiger partial charge in [0.1, 0.15) is 23.2 Å². The minimum Gasteiger partial charge on any atom is -0.496 e. The normalized spacial score (nSPS) is 10.3. The van der Waals surface area contributed by atoms with Crippen molar-refractivity contribution in [3.8, 4) is 16.9 Å². The fraction of sp³-hybridized carbons (Fsp3) is 0.0714. The van der Waals surface area contributed by atoms with Crippen LogP contribution in [0.5, 0.6) is 5.75 Å². The van der Waals surface area contributed by atoms with Crippen LogP contribution in [0.25, 0.3) is 11.1 Å². The molecule has 0 saturated carbocycles. The molecule has 2 aromatic carbocycles. The van der Waals surface area contributed by atoms with Crippen LogP contribution in [0.2, 0.25) is 0 Å². The largest absolute Gasteiger partial charge is 0.496 e. The topological polar surface area (TPSA) is 26.3 Å². The summed E-state index contributed by atoms with van der Waals surface area (Å²) in [6.45, 7) is 0. The zero-order valence-electron chi connectivity index (χ0n) is 9.91. The lowest BCUT2D eigenvalue weighted by Crippen LogP contribution is -1.95. The Morgan fingerprint density at radius 2 is 1.68 bits per heavy atom. The molecule has 5 heteroatoms. The van der Waals surface area contributed by atoms with E-state index in [1.165, 1.54) is 25.3 Å². The number of carbonyl (C=O) groups is 1. The summed E-state index contributed by atoms with van der Waals surface area (Å²) in [7, 11) is 1.38. The highest BCUT2D eigenvalue weighted by Gasteiger charge is 2.15. The molecule has 0 heterocycles. The van der Waals surface area contributed by atoms with Crippen LogP contribution in [0.4, 0.5) is 13.2 Å². The van der Waals surface area contributed by atoms with Crippen LogP contribution in [-0.2, 0) is 0 Å². The third-order valence-corrected chi connectivity index (χ3v) is 2.65. The second kappa shape index (κ2) is 5.14. The number of methoxy groups -OCH3 is 1. The van der Waals surface area contributed by atoms with E-state index in [4.69, 9.17) is 4.74 Å². The Morgan fingerprint density at radius 1 is 1.05 bits per heavy atom. The molecule has 0 N–H and O–H groups in total. The van der Waals surface area contributed by atoms with Gasteiger partial charge >= 0.3 is 0 Å². The number of aldehydes is 1. The lowest BCUT2D eigenvalue weighted by molar-refractivity contribution is 0.112.